The molecule has 0 unspecified atom stereocenters. The third kappa shape index (κ3) is 3.33. The number of hydrogen-bond donors (Lipinski definition) is 1. The first-order valence-electron chi connectivity index (χ1n) is 5.47. The molecule has 0 amide bonds. The third-order valence-corrected chi connectivity index (χ3v) is 4.10. The number of hydrogen-bond acceptors (Lipinski definition) is 5. The number of non-ortho nitro benzene ring substituents is 1. The van der Waals surface area contributed by atoms with E-state index in [2.05, 4.69) is 10.3 Å². The van der Waals surface area contributed by atoms with Gasteiger partial charge >= 0.3 is 0 Å². The van der Waals surface area contributed by atoms with Gasteiger partial charge in [-0.3, -0.25) is 10.1 Å². The van der Waals surface area contributed by atoms with Gasteiger partial charge in [0.2, 0.25) is 0 Å². The van der Waals surface area contributed by atoms with Crippen molar-refractivity contribution in [1.82, 2.24) is 4.98 Å². The van der Waals surface area contributed by atoms with Crippen molar-refractivity contribution in [3.8, 4) is 0 Å². The molecule has 1 N–H and O–H groups in total. The summed E-state index contributed by atoms with van der Waals surface area (Å²) in [6.07, 6.45) is 0. The Balaban J connectivity index is 2.27. The van der Waals surface area contributed by atoms with Crippen LogP contribution in [0, 0.1) is 10.1 Å². The number of nitrogens with zero attached hydrogens (tertiary/aromatic N) is 2. The van der Waals surface area contributed by atoms with Crippen LogP contribution in [0.4, 0.5) is 11.5 Å². The standard InChI is InChI=1S/C12H9Cl2N3O2S/c1-15-11-9(13)6-10(14)12(16-11)20-8-4-2-7(3-5-8)17(18)19/h2-6H,1H3,(H,15,16). The van der Waals surface area contributed by atoms with E-state index < -0.39 is 4.92 Å². The highest BCUT2D eigenvalue weighted by Crippen LogP contribution is 2.36. The van der Waals surface area contributed by atoms with Gasteiger partial charge in [-0.25, -0.2) is 4.98 Å². The van der Waals surface area contributed by atoms with E-state index >= 15 is 0 Å². The monoisotopic (exact) mass is 329 g/mol. The summed E-state index contributed by atoms with van der Waals surface area (Å²) in [7, 11) is 1.71. The van der Waals surface area contributed by atoms with Crippen LogP contribution in [0.1, 0.15) is 0 Å². The SMILES string of the molecule is CNc1nc(Sc2ccc([N+](=O)[O-])cc2)c(Cl)cc1Cl. The van der Waals surface area contributed by atoms with E-state index in [0.717, 1.165) is 4.90 Å². The first-order valence-corrected chi connectivity index (χ1v) is 7.04. The Morgan fingerprint density at radius 1 is 1.25 bits per heavy atom. The number of benzene rings is 1. The van der Waals surface area contributed by atoms with Crippen LogP contribution in [-0.2, 0) is 0 Å². The van der Waals surface area contributed by atoms with E-state index in [1.165, 1.54) is 23.9 Å². The van der Waals surface area contributed by atoms with E-state index in [0.29, 0.717) is 20.9 Å². The number of halogens is 2. The molecule has 0 atom stereocenters. The van der Waals surface area contributed by atoms with Gasteiger partial charge in [-0.05, 0) is 18.2 Å². The molecule has 0 aliphatic rings. The number of nitrogens with one attached hydrogen (secondary N) is 1. The number of nitro groups is 1. The van der Waals surface area contributed by atoms with Crippen LogP contribution in [0.15, 0.2) is 40.3 Å². The Morgan fingerprint density at radius 3 is 2.45 bits per heavy atom. The van der Waals surface area contributed by atoms with Gasteiger partial charge in [0, 0.05) is 24.1 Å². The highest BCUT2D eigenvalue weighted by molar-refractivity contribution is 7.99. The van der Waals surface area contributed by atoms with Crippen molar-refractivity contribution in [3.05, 3.63) is 50.5 Å². The first-order chi connectivity index (χ1) is 9.51. The largest absolute Gasteiger partial charge is 0.372 e. The van der Waals surface area contributed by atoms with Gasteiger partial charge in [-0.1, -0.05) is 35.0 Å². The Hall–Kier alpha value is -1.50. The van der Waals surface area contributed by atoms with Crippen LogP contribution < -0.4 is 5.32 Å². The summed E-state index contributed by atoms with van der Waals surface area (Å²) in [6, 6.07) is 7.77. The number of pyridine rings is 1. The second kappa shape index (κ2) is 6.30. The van der Waals surface area contributed by atoms with Crippen molar-refractivity contribution in [2.45, 2.75) is 9.92 Å². The molecular weight excluding hydrogens is 321 g/mol. The van der Waals surface area contributed by atoms with Crippen molar-refractivity contribution >= 4 is 46.5 Å². The molecule has 1 aromatic carbocycles. The molecule has 1 aromatic heterocycles. The molecule has 0 radical (unpaired) electrons. The minimum atomic E-state index is -0.443. The molecule has 0 saturated carbocycles. The molecule has 1 heterocycles. The predicted octanol–water partition coefficient (Wildman–Crippen LogP) is 4.49. The normalized spacial score (nSPS) is 10.3. The van der Waals surface area contributed by atoms with Gasteiger partial charge in [0.25, 0.3) is 5.69 Å². The quantitative estimate of drug-likeness (QED) is 0.661. The first kappa shape index (κ1) is 14.9. The zero-order valence-corrected chi connectivity index (χ0v) is 12.6. The highest BCUT2D eigenvalue weighted by atomic mass is 35.5. The van der Waals surface area contributed by atoms with Crippen molar-refractivity contribution in [2.75, 3.05) is 12.4 Å². The van der Waals surface area contributed by atoms with Crippen molar-refractivity contribution in [3.63, 3.8) is 0 Å². The Morgan fingerprint density at radius 2 is 1.90 bits per heavy atom. The van der Waals surface area contributed by atoms with Gasteiger partial charge < -0.3 is 5.32 Å². The molecule has 8 heteroatoms. The summed E-state index contributed by atoms with van der Waals surface area (Å²) < 4.78 is 0. The number of aromatic nitrogens is 1. The summed E-state index contributed by atoms with van der Waals surface area (Å²) in [5, 5.41) is 14.9. The maximum Gasteiger partial charge on any atom is 0.269 e. The zero-order chi connectivity index (χ0) is 14.7. The lowest BCUT2D eigenvalue weighted by Gasteiger charge is -2.08. The summed E-state index contributed by atoms with van der Waals surface area (Å²) in [6.45, 7) is 0. The minimum Gasteiger partial charge on any atom is -0.372 e. The fraction of sp³-hybridized carbons (Fsp3) is 0.0833. The molecule has 0 fully saturated rings. The van der Waals surface area contributed by atoms with Gasteiger partial charge in [0.15, 0.2) is 0 Å². The van der Waals surface area contributed by atoms with Crippen molar-refractivity contribution in [1.29, 1.82) is 0 Å². The Bertz CT molecular complexity index is 650. The fourth-order valence-electron chi connectivity index (χ4n) is 1.44. The molecule has 0 spiro atoms. The Kier molecular flexibility index (Phi) is 4.69. The van der Waals surface area contributed by atoms with Gasteiger partial charge in [-0.2, -0.15) is 0 Å². The van der Waals surface area contributed by atoms with E-state index in [4.69, 9.17) is 23.2 Å². The third-order valence-electron chi connectivity index (χ3n) is 2.40. The lowest BCUT2D eigenvalue weighted by molar-refractivity contribution is -0.384. The average molecular weight is 330 g/mol. The molecule has 0 aliphatic carbocycles. The smallest absolute Gasteiger partial charge is 0.269 e. The molecule has 0 bridgehead atoms. The number of anilines is 1. The van der Waals surface area contributed by atoms with Crippen LogP contribution in [0.3, 0.4) is 0 Å². The molecule has 2 aromatic rings. The lowest BCUT2D eigenvalue weighted by Crippen LogP contribution is -1.95. The second-order valence-corrected chi connectivity index (χ2v) is 5.59. The van der Waals surface area contributed by atoms with E-state index in [1.54, 1.807) is 25.2 Å². The predicted molar refractivity (Wildman–Crippen MR) is 81.0 cm³/mol. The van der Waals surface area contributed by atoms with Crippen LogP contribution in [-0.4, -0.2) is 17.0 Å². The maximum absolute atomic E-state index is 10.6. The fourth-order valence-corrected chi connectivity index (χ4v) is 2.80. The van der Waals surface area contributed by atoms with E-state index in [-0.39, 0.29) is 5.69 Å². The van der Waals surface area contributed by atoms with E-state index in [9.17, 15) is 10.1 Å². The van der Waals surface area contributed by atoms with Crippen LogP contribution >= 0.6 is 35.0 Å². The summed E-state index contributed by atoms with van der Waals surface area (Å²) in [5.41, 5.74) is 0.0421. The summed E-state index contributed by atoms with van der Waals surface area (Å²) in [5.74, 6) is 0.528. The number of nitro benzene ring substituents is 1. The Labute approximate surface area is 129 Å². The summed E-state index contributed by atoms with van der Waals surface area (Å²) in [4.78, 5) is 15.2. The van der Waals surface area contributed by atoms with E-state index in [1.807, 2.05) is 0 Å². The molecule has 0 saturated heterocycles. The van der Waals surface area contributed by atoms with Gasteiger partial charge in [0.05, 0.1) is 15.0 Å². The maximum atomic E-state index is 10.6. The van der Waals surface area contributed by atoms with Gasteiger partial charge in [0.1, 0.15) is 10.8 Å². The second-order valence-electron chi connectivity index (χ2n) is 3.71. The molecule has 0 aliphatic heterocycles. The summed E-state index contributed by atoms with van der Waals surface area (Å²) >= 11 is 13.4. The molecule has 5 nitrogen and oxygen atoms in total. The van der Waals surface area contributed by atoms with Crippen LogP contribution in [0.25, 0.3) is 0 Å². The highest BCUT2D eigenvalue weighted by Gasteiger charge is 2.11. The lowest BCUT2D eigenvalue weighted by atomic mass is 10.3. The van der Waals surface area contributed by atoms with Crippen LogP contribution in [0.5, 0.6) is 0 Å². The van der Waals surface area contributed by atoms with Gasteiger partial charge in [-0.15, -0.1) is 0 Å². The zero-order valence-electron chi connectivity index (χ0n) is 10.3. The molecule has 20 heavy (non-hydrogen) atoms. The molecule has 104 valence electrons. The topological polar surface area (TPSA) is 68.1 Å². The molecular formula is C12H9Cl2N3O2S. The van der Waals surface area contributed by atoms with Crippen molar-refractivity contribution in [2.24, 2.45) is 0 Å². The minimum absolute atomic E-state index is 0.0421. The van der Waals surface area contributed by atoms with Crippen molar-refractivity contribution < 1.29 is 4.92 Å². The average Bonchev–Trinajstić information content (AvgIpc) is 2.42. The molecule has 2 rings (SSSR count). The number of rotatable bonds is 4. The van der Waals surface area contributed by atoms with Crippen LogP contribution in [0.2, 0.25) is 10.0 Å².